The predicted octanol–water partition coefficient (Wildman–Crippen LogP) is 2.48. The number of aromatic nitrogens is 1. The Balaban J connectivity index is 2.03. The van der Waals surface area contributed by atoms with Crippen LogP contribution in [-0.2, 0) is 0 Å². The molecule has 0 amide bonds. The molecular weight excluding hydrogens is 198 g/mol. The first-order valence-electron chi connectivity index (χ1n) is 5.94. The second kappa shape index (κ2) is 5.77. The van der Waals surface area contributed by atoms with Crippen molar-refractivity contribution in [1.29, 1.82) is 0 Å². The number of nitrogens with two attached hydrogens (primary N) is 1. The van der Waals surface area contributed by atoms with Gasteiger partial charge in [-0.05, 0) is 43.7 Å². The highest BCUT2D eigenvalue weighted by molar-refractivity contribution is 5.18. The van der Waals surface area contributed by atoms with Crippen molar-refractivity contribution in [1.82, 2.24) is 10.4 Å². The molecule has 0 radical (unpaired) electrons. The zero-order chi connectivity index (χ0) is 11.2. The lowest BCUT2D eigenvalue weighted by Gasteiger charge is -2.20. The number of nitrogens with zero attached hydrogens (tertiary/aromatic N) is 1. The fourth-order valence-electron chi connectivity index (χ4n) is 2.21. The van der Waals surface area contributed by atoms with Crippen molar-refractivity contribution in [3.05, 3.63) is 41.7 Å². The molecular formula is C13H19N3. The third-order valence-electron chi connectivity index (χ3n) is 3.14. The molecule has 2 rings (SSSR count). The maximum Gasteiger partial charge on any atom is 0.0512 e. The van der Waals surface area contributed by atoms with E-state index in [2.05, 4.69) is 22.6 Å². The molecule has 0 saturated heterocycles. The second-order valence-corrected chi connectivity index (χ2v) is 4.32. The number of rotatable bonds is 4. The maximum absolute atomic E-state index is 5.62. The molecule has 86 valence electrons. The van der Waals surface area contributed by atoms with Gasteiger partial charge in [0, 0.05) is 12.4 Å². The highest BCUT2D eigenvalue weighted by Crippen LogP contribution is 2.26. The van der Waals surface area contributed by atoms with Gasteiger partial charge in [-0.3, -0.25) is 16.3 Å². The zero-order valence-electron chi connectivity index (χ0n) is 9.52. The quantitative estimate of drug-likeness (QED) is 0.463. The number of nitrogens with one attached hydrogen (secondary N) is 1. The average molecular weight is 217 g/mol. The summed E-state index contributed by atoms with van der Waals surface area (Å²) < 4.78 is 0. The smallest absolute Gasteiger partial charge is 0.0512 e. The van der Waals surface area contributed by atoms with Crippen LogP contribution in [-0.4, -0.2) is 4.98 Å². The van der Waals surface area contributed by atoms with Crippen LogP contribution < -0.4 is 11.3 Å². The van der Waals surface area contributed by atoms with Crippen LogP contribution >= 0.6 is 0 Å². The Morgan fingerprint density at radius 2 is 2.38 bits per heavy atom. The van der Waals surface area contributed by atoms with Gasteiger partial charge in [0.15, 0.2) is 0 Å². The Kier molecular flexibility index (Phi) is 4.08. The molecule has 3 N–H and O–H groups in total. The van der Waals surface area contributed by atoms with Gasteiger partial charge in [-0.2, -0.15) is 0 Å². The molecule has 16 heavy (non-hydrogen) atoms. The summed E-state index contributed by atoms with van der Waals surface area (Å²) >= 11 is 0. The van der Waals surface area contributed by atoms with Gasteiger partial charge in [0.05, 0.1) is 6.04 Å². The summed E-state index contributed by atoms with van der Waals surface area (Å²) in [5, 5.41) is 0. The van der Waals surface area contributed by atoms with Crippen LogP contribution in [0, 0.1) is 0 Å². The molecule has 0 fully saturated rings. The minimum Gasteiger partial charge on any atom is -0.271 e. The van der Waals surface area contributed by atoms with E-state index in [4.69, 9.17) is 5.84 Å². The molecule has 3 heteroatoms. The zero-order valence-corrected chi connectivity index (χ0v) is 9.52. The van der Waals surface area contributed by atoms with Crippen LogP contribution in [0.3, 0.4) is 0 Å². The summed E-state index contributed by atoms with van der Waals surface area (Å²) in [5.41, 5.74) is 5.57. The molecule has 0 spiro atoms. The van der Waals surface area contributed by atoms with Gasteiger partial charge in [0.25, 0.3) is 0 Å². The molecule has 1 aliphatic rings. The highest BCUT2D eigenvalue weighted by atomic mass is 15.2. The van der Waals surface area contributed by atoms with Gasteiger partial charge < -0.3 is 0 Å². The third kappa shape index (κ3) is 2.90. The Hall–Kier alpha value is -1.19. The number of hydrogen-bond donors (Lipinski definition) is 2. The van der Waals surface area contributed by atoms with Crippen molar-refractivity contribution in [3.63, 3.8) is 0 Å². The summed E-state index contributed by atoms with van der Waals surface area (Å²) in [6.07, 6.45) is 12.1. The summed E-state index contributed by atoms with van der Waals surface area (Å²) in [6, 6.07) is 4.22. The van der Waals surface area contributed by atoms with E-state index in [9.17, 15) is 0 Å². The minimum absolute atomic E-state index is 0.193. The molecule has 1 heterocycles. The Bertz CT molecular complexity index is 345. The molecule has 1 aromatic rings. The predicted molar refractivity (Wildman–Crippen MR) is 65.5 cm³/mol. The van der Waals surface area contributed by atoms with Crippen molar-refractivity contribution in [2.45, 2.75) is 38.1 Å². The van der Waals surface area contributed by atoms with Crippen LogP contribution in [0.4, 0.5) is 0 Å². The number of allylic oxidation sites excluding steroid dienone is 1. The van der Waals surface area contributed by atoms with Crippen molar-refractivity contribution in [3.8, 4) is 0 Å². The van der Waals surface area contributed by atoms with Crippen molar-refractivity contribution in [2.24, 2.45) is 5.84 Å². The number of hydrazine groups is 1. The third-order valence-corrected chi connectivity index (χ3v) is 3.14. The number of pyridine rings is 1. The SMILES string of the molecule is NNC(CC1=CCCCC1)c1cccnc1. The van der Waals surface area contributed by atoms with Crippen LogP contribution in [0.2, 0.25) is 0 Å². The van der Waals surface area contributed by atoms with Gasteiger partial charge in [-0.1, -0.05) is 17.7 Å². The van der Waals surface area contributed by atoms with Crippen LogP contribution in [0.1, 0.15) is 43.7 Å². The van der Waals surface area contributed by atoms with E-state index in [-0.39, 0.29) is 6.04 Å². The first-order chi connectivity index (χ1) is 7.90. The van der Waals surface area contributed by atoms with E-state index in [0.29, 0.717) is 0 Å². The summed E-state index contributed by atoms with van der Waals surface area (Å²) in [7, 11) is 0. The summed E-state index contributed by atoms with van der Waals surface area (Å²) in [5.74, 6) is 5.62. The van der Waals surface area contributed by atoms with Crippen LogP contribution in [0.15, 0.2) is 36.2 Å². The Morgan fingerprint density at radius 1 is 1.44 bits per heavy atom. The molecule has 0 saturated carbocycles. The first kappa shape index (κ1) is 11.3. The van der Waals surface area contributed by atoms with E-state index in [1.165, 1.54) is 31.3 Å². The number of hydrogen-bond acceptors (Lipinski definition) is 3. The molecule has 1 aromatic heterocycles. The van der Waals surface area contributed by atoms with E-state index < -0.39 is 0 Å². The minimum atomic E-state index is 0.193. The topological polar surface area (TPSA) is 50.9 Å². The second-order valence-electron chi connectivity index (χ2n) is 4.32. The molecule has 0 aromatic carbocycles. The van der Waals surface area contributed by atoms with E-state index in [1.807, 2.05) is 12.3 Å². The van der Waals surface area contributed by atoms with Gasteiger partial charge >= 0.3 is 0 Å². The highest BCUT2D eigenvalue weighted by Gasteiger charge is 2.13. The van der Waals surface area contributed by atoms with Crippen molar-refractivity contribution >= 4 is 0 Å². The lowest BCUT2D eigenvalue weighted by atomic mass is 9.92. The van der Waals surface area contributed by atoms with E-state index in [0.717, 1.165) is 12.0 Å². The molecule has 1 aliphatic carbocycles. The molecule has 0 bridgehead atoms. The molecule has 3 nitrogen and oxygen atoms in total. The first-order valence-corrected chi connectivity index (χ1v) is 5.94. The summed E-state index contributed by atoms with van der Waals surface area (Å²) in [4.78, 5) is 4.13. The van der Waals surface area contributed by atoms with Gasteiger partial charge in [0.2, 0.25) is 0 Å². The fraction of sp³-hybridized carbons (Fsp3) is 0.462. The van der Waals surface area contributed by atoms with Gasteiger partial charge in [0.1, 0.15) is 0 Å². The average Bonchev–Trinajstić information content (AvgIpc) is 2.38. The van der Waals surface area contributed by atoms with Gasteiger partial charge in [-0.15, -0.1) is 0 Å². The van der Waals surface area contributed by atoms with Crippen molar-refractivity contribution < 1.29 is 0 Å². The largest absolute Gasteiger partial charge is 0.271 e. The van der Waals surface area contributed by atoms with Crippen LogP contribution in [0.5, 0.6) is 0 Å². The lowest BCUT2D eigenvalue weighted by Crippen LogP contribution is -2.28. The van der Waals surface area contributed by atoms with Crippen molar-refractivity contribution in [2.75, 3.05) is 0 Å². The summed E-state index contributed by atoms with van der Waals surface area (Å²) in [6.45, 7) is 0. The maximum atomic E-state index is 5.62. The molecule has 1 unspecified atom stereocenters. The monoisotopic (exact) mass is 217 g/mol. The Labute approximate surface area is 96.7 Å². The Morgan fingerprint density at radius 3 is 3.00 bits per heavy atom. The van der Waals surface area contributed by atoms with Crippen LogP contribution in [0.25, 0.3) is 0 Å². The molecule has 0 aliphatic heterocycles. The molecule has 1 atom stereocenters. The fourth-order valence-corrected chi connectivity index (χ4v) is 2.21. The normalized spacial score (nSPS) is 17.9. The van der Waals surface area contributed by atoms with E-state index in [1.54, 1.807) is 6.20 Å². The van der Waals surface area contributed by atoms with E-state index >= 15 is 0 Å². The standard InChI is InChI=1S/C13H19N3/c14-16-13(12-7-4-8-15-10-12)9-11-5-2-1-3-6-11/h4-5,7-8,10,13,16H,1-3,6,9,14H2. The lowest BCUT2D eigenvalue weighted by molar-refractivity contribution is 0.527. The van der Waals surface area contributed by atoms with Gasteiger partial charge in [-0.25, -0.2) is 0 Å².